The second-order valence-corrected chi connectivity index (χ2v) is 7.09. The van der Waals surface area contributed by atoms with E-state index in [1.54, 1.807) is 18.2 Å². The van der Waals surface area contributed by atoms with Gasteiger partial charge in [-0.25, -0.2) is 0 Å². The number of halogens is 1. The van der Waals surface area contributed by atoms with Gasteiger partial charge in [0.1, 0.15) is 0 Å². The maximum absolute atomic E-state index is 12.3. The maximum Gasteiger partial charge on any atom is 0.248 e. The second kappa shape index (κ2) is 7.94. The molecule has 0 aliphatic carbocycles. The van der Waals surface area contributed by atoms with Gasteiger partial charge in [0.15, 0.2) is 11.5 Å². The van der Waals surface area contributed by atoms with Crippen molar-refractivity contribution in [3.05, 3.63) is 58.6 Å². The van der Waals surface area contributed by atoms with Crippen LogP contribution in [0.3, 0.4) is 0 Å². The normalized spacial score (nSPS) is 15.5. The summed E-state index contributed by atoms with van der Waals surface area (Å²) in [5.74, 6) is 1.01. The third-order valence-corrected chi connectivity index (χ3v) is 4.90. The van der Waals surface area contributed by atoms with Crippen LogP contribution >= 0.6 is 11.6 Å². The summed E-state index contributed by atoms with van der Waals surface area (Å²) < 4.78 is 10.6. The molecule has 0 spiro atoms. The fourth-order valence-electron chi connectivity index (χ4n) is 3.28. The van der Waals surface area contributed by atoms with Gasteiger partial charge in [0.2, 0.25) is 18.6 Å². The van der Waals surface area contributed by atoms with E-state index in [1.807, 2.05) is 29.2 Å². The molecule has 2 amide bonds. The Balaban J connectivity index is 1.40. The van der Waals surface area contributed by atoms with Crippen molar-refractivity contribution < 1.29 is 19.1 Å². The van der Waals surface area contributed by atoms with E-state index in [-0.39, 0.29) is 18.6 Å². The van der Waals surface area contributed by atoms with E-state index in [1.165, 1.54) is 6.08 Å². The number of fused-ring (bicyclic) bond motifs is 1. The highest BCUT2D eigenvalue weighted by Gasteiger charge is 2.20. The molecule has 144 valence electrons. The van der Waals surface area contributed by atoms with Crippen molar-refractivity contribution in [2.24, 2.45) is 0 Å². The molecule has 7 heteroatoms. The SMILES string of the molecule is O=C(/C=C/c1cc(Cl)c2c(c1)OCO2)Nc1cccc(CN2CCCC2=O)c1. The molecular weight excluding hydrogens is 380 g/mol. The summed E-state index contributed by atoms with van der Waals surface area (Å²) in [6, 6.07) is 11.0. The Labute approximate surface area is 167 Å². The van der Waals surface area contributed by atoms with Crippen molar-refractivity contribution in [1.29, 1.82) is 0 Å². The zero-order chi connectivity index (χ0) is 19.5. The predicted octanol–water partition coefficient (Wildman–Crippen LogP) is 3.84. The van der Waals surface area contributed by atoms with Gasteiger partial charge in [0.05, 0.1) is 5.02 Å². The number of amides is 2. The van der Waals surface area contributed by atoms with Crippen molar-refractivity contribution in [2.75, 3.05) is 18.7 Å². The molecule has 2 aliphatic rings. The molecule has 1 saturated heterocycles. The first-order valence-electron chi connectivity index (χ1n) is 9.03. The van der Waals surface area contributed by atoms with Gasteiger partial charge >= 0.3 is 0 Å². The topological polar surface area (TPSA) is 67.9 Å². The van der Waals surface area contributed by atoms with E-state index in [9.17, 15) is 9.59 Å². The minimum Gasteiger partial charge on any atom is -0.454 e. The smallest absolute Gasteiger partial charge is 0.248 e. The summed E-state index contributed by atoms with van der Waals surface area (Å²) in [6.45, 7) is 1.49. The molecule has 0 radical (unpaired) electrons. The number of hydrogen-bond acceptors (Lipinski definition) is 4. The number of nitrogens with one attached hydrogen (secondary N) is 1. The highest BCUT2D eigenvalue weighted by atomic mass is 35.5. The van der Waals surface area contributed by atoms with Gasteiger partial charge in [-0.2, -0.15) is 0 Å². The lowest BCUT2D eigenvalue weighted by Crippen LogP contribution is -2.23. The van der Waals surface area contributed by atoms with Gasteiger partial charge in [-0.15, -0.1) is 0 Å². The number of rotatable bonds is 5. The van der Waals surface area contributed by atoms with Gasteiger partial charge in [0, 0.05) is 31.3 Å². The summed E-state index contributed by atoms with van der Waals surface area (Å²) in [5.41, 5.74) is 2.41. The van der Waals surface area contributed by atoms with E-state index in [0.717, 1.165) is 24.1 Å². The van der Waals surface area contributed by atoms with E-state index >= 15 is 0 Å². The minimum atomic E-state index is -0.261. The average Bonchev–Trinajstić information content (AvgIpc) is 3.30. The Morgan fingerprint density at radius 3 is 2.96 bits per heavy atom. The lowest BCUT2D eigenvalue weighted by atomic mass is 10.1. The monoisotopic (exact) mass is 398 g/mol. The van der Waals surface area contributed by atoms with E-state index in [0.29, 0.717) is 35.2 Å². The molecule has 0 aromatic heterocycles. The van der Waals surface area contributed by atoms with Crippen molar-refractivity contribution in [3.8, 4) is 11.5 Å². The summed E-state index contributed by atoms with van der Waals surface area (Å²) in [5, 5.41) is 3.28. The van der Waals surface area contributed by atoms with Crippen LogP contribution in [0.4, 0.5) is 5.69 Å². The molecule has 1 fully saturated rings. The van der Waals surface area contributed by atoms with Crippen molar-refractivity contribution in [3.63, 3.8) is 0 Å². The zero-order valence-corrected chi connectivity index (χ0v) is 15.9. The van der Waals surface area contributed by atoms with Crippen LogP contribution in [0.5, 0.6) is 11.5 Å². The zero-order valence-electron chi connectivity index (χ0n) is 15.1. The predicted molar refractivity (Wildman–Crippen MR) is 106 cm³/mol. The van der Waals surface area contributed by atoms with Gasteiger partial charge in [-0.1, -0.05) is 23.7 Å². The largest absolute Gasteiger partial charge is 0.454 e. The lowest BCUT2D eigenvalue weighted by Gasteiger charge is -2.16. The van der Waals surface area contributed by atoms with Gasteiger partial charge in [0.25, 0.3) is 0 Å². The molecule has 2 aromatic carbocycles. The van der Waals surface area contributed by atoms with Crippen LogP contribution in [-0.2, 0) is 16.1 Å². The van der Waals surface area contributed by atoms with Gasteiger partial charge < -0.3 is 19.7 Å². The average molecular weight is 399 g/mol. The highest BCUT2D eigenvalue weighted by Crippen LogP contribution is 2.40. The van der Waals surface area contributed by atoms with Crippen molar-refractivity contribution >= 4 is 35.2 Å². The Morgan fingerprint density at radius 2 is 2.14 bits per heavy atom. The molecule has 0 atom stereocenters. The quantitative estimate of drug-likeness (QED) is 0.777. The summed E-state index contributed by atoms with van der Waals surface area (Å²) in [6.07, 6.45) is 4.62. The molecule has 4 rings (SSSR count). The number of carbonyl (C=O) groups excluding carboxylic acids is 2. The lowest BCUT2D eigenvalue weighted by molar-refractivity contribution is -0.128. The molecule has 0 unspecified atom stereocenters. The first kappa shape index (κ1) is 18.4. The number of nitrogens with zero attached hydrogens (tertiary/aromatic N) is 1. The summed E-state index contributed by atoms with van der Waals surface area (Å²) in [7, 11) is 0. The number of anilines is 1. The highest BCUT2D eigenvalue weighted by molar-refractivity contribution is 6.32. The molecule has 0 bridgehead atoms. The van der Waals surface area contributed by atoms with E-state index in [2.05, 4.69) is 5.32 Å². The molecule has 2 aromatic rings. The van der Waals surface area contributed by atoms with E-state index < -0.39 is 0 Å². The standard InChI is InChI=1S/C21H19ClN2O4/c22-17-10-14(11-18-21(17)28-13-27-18)6-7-19(25)23-16-4-1-3-15(9-16)12-24-8-2-5-20(24)26/h1,3-4,6-7,9-11H,2,5,8,12-13H2,(H,23,25)/b7-6+. The third kappa shape index (κ3) is 4.12. The van der Waals surface area contributed by atoms with Crippen LogP contribution in [0.25, 0.3) is 6.08 Å². The minimum absolute atomic E-state index is 0.141. The van der Waals surface area contributed by atoms with E-state index in [4.69, 9.17) is 21.1 Å². The number of carbonyl (C=O) groups is 2. The van der Waals surface area contributed by atoms with Crippen LogP contribution in [0.15, 0.2) is 42.5 Å². The van der Waals surface area contributed by atoms with Crippen molar-refractivity contribution in [1.82, 2.24) is 4.90 Å². The van der Waals surface area contributed by atoms with Gasteiger partial charge in [-0.3, -0.25) is 9.59 Å². The fourth-order valence-corrected chi connectivity index (χ4v) is 3.55. The summed E-state index contributed by atoms with van der Waals surface area (Å²) in [4.78, 5) is 25.9. The third-order valence-electron chi connectivity index (χ3n) is 4.62. The van der Waals surface area contributed by atoms with Crippen LogP contribution in [0, 0.1) is 0 Å². The number of benzene rings is 2. The number of ether oxygens (including phenoxy) is 2. The maximum atomic E-state index is 12.3. The molecular formula is C21H19ClN2O4. The Hall–Kier alpha value is -2.99. The summed E-state index contributed by atoms with van der Waals surface area (Å²) >= 11 is 6.15. The second-order valence-electron chi connectivity index (χ2n) is 6.68. The number of likely N-dealkylation sites (tertiary alicyclic amines) is 1. The Morgan fingerprint density at radius 1 is 1.25 bits per heavy atom. The molecule has 6 nitrogen and oxygen atoms in total. The Kier molecular flexibility index (Phi) is 5.21. The molecule has 28 heavy (non-hydrogen) atoms. The fraction of sp³-hybridized carbons (Fsp3) is 0.238. The molecule has 2 heterocycles. The molecule has 0 saturated carbocycles. The first-order chi connectivity index (χ1) is 13.6. The first-order valence-corrected chi connectivity index (χ1v) is 9.41. The molecule has 2 aliphatic heterocycles. The number of hydrogen-bond donors (Lipinski definition) is 1. The Bertz CT molecular complexity index is 957. The van der Waals surface area contributed by atoms with Crippen LogP contribution in [0.1, 0.15) is 24.0 Å². The van der Waals surface area contributed by atoms with Crippen LogP contribution in [-0.4, -0.2) is 30.1 Å². The van der Waals surface area contributed by atoms with Crippen LogP contribution in [0.2, 0.25) is 5.02 Å². The van der Waals surface area contributed by atoms with Crippen molar-refractivity contribution in [2.45, 2.75) is 19.4 Å². The molecule has 1 N–H and O–H groups in total. The van der Waals surface area contributed by atoms with Gasteiger partial charge in [-0.05, 0) is 47.9 Å². The van der Waals surface area contributed by atoms with Crippen LogP contribution < -0.4 is 14.8 Å².